The summed E-state index contributed by atoms with van der Waals surface area (Å²) in [5.74, 6) is -1.82. The van der Waals surface area contributed by atoms with Crippen LogP contribution in [0.15, 0.2) is 12.3 Å². The van der Waals surface area contributed by atoms with Crippen molar-refractivity contribution >= 4 is 24.5 Å². The Balaban J connectivity index is 4.76. The summed E-state index contributed by atoms with van der Waals surface area (Å²) in [6, 6.07) is -1.53. The van der Waals surface area contributed by atoms with E-state index in [2.05, 4.69) is 25.0 Å². The molecular weight excluding hydrogens is 370 g/mol. The lowest BCUT2D eigenvalue weighted by Gasteiger charge is -2.33. The van der Waals surface area contributed by atoms with Crippen LogP contribution in [0, 0.1) is 5.92 Å². The third-order valence-electron chi connectivity index (χ3n) is 3.97. The van der Waals surface area contributed by atoms with Crippen LogP contribution < -0.4 is 11.2 Å². The van der Waals surface area contributed by atoms with E-state index >= 15 is 0 Å². The number of nitrogens with one attached hydrogen (secondary N) is 1. The second kappa shape index (κ2) is 15.7. The van der Waals surface area contributed by atoms with Gasteiger partial charge in [0.25, 0.3) is 0 Å². The van der Waals surface area contributed by atoms with Gasteiger partial charge in [0, 0.05) is 37.3 Å². The lowest BCUT2D eigenvalue weighted by molar-refractivity contribution is -0.156. The molecule has 1 unspecified atom stereocenters. The second-order valence-corrected chi connectivity index (χ2v) is 6.87. The predicted molar refractivity (Wildman–Crippen MR) is 108 cm³/mol. The first-order chi connectivity index (χ1) is 12.9. The van der Waals surface area contributed by atoms with Crippen LogP contribution in [-0.4, -0.2) is 64.7 Å². The van der Waals surface area contributed by atoms with Gasteiger partial charge in [0.2, 0.25) is 5.91 Å². The van der Waals surface area contributed by atoms with E-state index in [1.807, 2.05) is 0 Å². The van der Waals surface area contributed by atoms with E-state index in [-0.39, 0.29) is 31.5 Å². The number of ether oxygens (including phenoxy) is 1. The lowest BCUT2D eigenvalue weighted by Crippen LogP contribution is -2.58. The third kappa shape index (κ3) is 11.2. The molecule has 0 rings (SSSR count). The van der Waals surface area contributed by atoms with Crippen LogP contribution in [0.3, 0.4) is 0 Å². The smallest absolute Gasteiger partial charge is 0.328 e. The number of hydrazine groups is 1. The maximum absolute atomic E-state index is 12.6. The number of allylic oxidation sites excluding steroid dienone is 1. The standard InChI is InChI=1S/C18H35N3O5S/c1-3-4-6-9-26-10-7-5-8-16(23)21(20-11-15(19)13-27)17(18(24)25)14(2)12-22/h7,10,14-15,17,20,22,27H,3-6,8-9,11-13,19H2,1-2H3,(H,24,25)/t14-,15?,17-/m1/s1. The number of carbonyl (C=O) groups excluding carboxylic acids is 1. The van der Waals surface area contributed by atoms with E-state index in [4.69, 9.17) is 10.5 Å². The molecule has 0 bridgehead atoms. The number of aliphatic hydroxyl groups excluding tert-OH is 1. The van der Waals surface area contributed by atoms with E-state index in [1.165, 1.54) is 0 Å². The molecule has 0 aliphatic carbocycles. The number of carboxylic acids is 1. The van der Waals surface area contributed by atoms with Crippen LogP contribution >= 0.6 is 12.6 Å². The number of aliphatic carboxylic acids is 1. The van der Waals surface area contributed by atoms with Gasteiger partial charge in [-0.2, -0.15) is 12.6 Å². The molecule has 0 fully saturated rings. The van der Waals surface area contributed by atoms with Gasteiger partial charge in [-0.05, 0) is 18.9 Å². The summed E-state index contributed by atoms with van der Waals surface area (Å²) in [6.45, 7) is 4.18. The molecule has 0 aromatic carbocycles. The van der Waals surface area contributed by atoms with Crippen LogP contribution in [0.2, 0.25) is 0 Å². The number of thiol groups is 1. The molecule has 0 saturated carbocycles. The molecule has 9 heteroatoms. The quantitative estimate of drug-likeness (QED) is 0.113. The topological polar surface area (TPSA) is 125 Å². The van der Waals surface area contributed by atoms with Crippen LogP contribution in [0.1, 0.15) is 46.0 Å². The van der Waals surface area contributed by atoms with Crippen LogP contribution in [-0.2, 0) is 14.3 Å². The average molecular weight is 406 g/mol. The Bertz CT molecular complexity index is 451. The molecule has 0 aliphatic heterocycles. The number of aliphatic hydroxyl groups is 1. The number of unbranched alkanes of at least 4 members (excludes halogenated alkanes) is 2. The molecule has 8 nitrogen and oxygen atoms in total. The molecule has 0 aromatic heterocycles. The Kier molecular flexibility index (Phi) is 15.0. The zero-order chi connectivity index (χ0) is 20.7. The highest BCUT2D eigenvalue weighted by Crippen LogP contribution is 2.12. The first kappa shape index (κ1) is 25.7. The largest absolute Gasteiger partial charge is 0.502 e. The molecule has 0 radical (unpaired) electrons. The van der Waals surface area contributed by atoms with Crippen molar-refractivity contribution in [1.82, 2.24) is 10.4 Å². The molecule has 0 heterocycles. The van der Waals surface area contributed by atoms with Crippen molar-refractivity contribution in [2.45, 2.75) is 58.0 Å². The van der Waals surface area contributed by atoms with Crippen LogP contribution in [0.4, 0.5) is 0 Å². The number of rotatable bonds is 16. The summed E-state index contributed by atoms with van der Waals surface area (Å²) in [7, 11) is 0. The Morgan fingerprint density at radius 3 is 2.63 bits per heavy atom. The van der Waals surface area contributed by atoms with Gasteiger partial charge in [-0.1, -0.05) is 26.7 Å². The number of nitrogens with zero attached hydrogens (tertiary/aromatic N) is 1. The molecule has 5 N–H and O–H groups in total. The fourth-order valence-electron chi connectivity index (χ4n) is 2.30. The SMILES string of the molecule is CCCCCOC=CCCC(=O)N(NCC(N)CS)[C@@H](C(=O)O)[C@H](C)CO. The Morgan fingerprint density at radius 2 is 2.07 bits per heavy atom. The van der Waals surface area contributed by atoms with Crippen LogP contribution in [0.5, 0.6) is 0 Å². The summed E-state index contributed by atoms with van der Waals surface area (Å²) >= 11 is 4.08. The number of hydrogen-bond donors (Lipinski definition) is 5. The van der Waals surface area contributed by atoms with Crippen molar-refractivity contribution in [3.63, 3.8) is 0 Å². The van der Waals surface area contributed by atoms with Gasteiger partial charge < -0.3 is 20.7 Å². The summed E-state index contributed by atoms with van der Waals surface area (Å²) in [5, 5.41) is 19.9. The highest BCUT2D eigenvalue weighted by molar-refractivity contribution is 7.80. The van der Waals surface area contributed by atoms with Crippen LogP contribution in [0.25, 0.3) is 0 Å². The maximum Gasteiger partial charge on any atom is 0.328 e. The van der Waals surface area contributed by atoms with E-state index in [0.29, 0.717) is 18.8 Å². The molecule has 158 valence electrons. The third-order valence-corrected chi connectivity index (χ3v) is 4.44. The zero-order valence-electron chi connectivity index (χ0n) is 16.3. The molecule has 0 aliphatic rings. The summed E-state index contributed by atoms with van der Waals surface area (Å²) < 4.78 is 5.34. The molecule has 1 amide bonds. The van der Waals surface area contributed by atoms with Gasteiger partial charge in [0.1, 0.15) is 0 Å². The highest BCUT2D eigenvalue weighted by atomic mass is 32.1. The van der Waals surface area contributed by atoms with Crippen molar-refractivity contribution in [3.05, 3.63) is 12.3 Å². The predicted octanol–water partition coefficient (Wildman–Crippen LogP) is 1.16. The van der Waals surface area contributed by atoms with Gasteiger partial charge in [0.15, 0.2) is 6.04 Å². The molecule has 0 spiro atoms. The van der Waals surface area contributed by atoms with E-state index < -0.39 is 17.9 Å². The number of hydrogen-bond acceptors (Lipinski definition) is 7. The summed E-state index contributed by atoms with van der Waals surface area (Å²) in [5.41, 5.74) is 8.60. The Hall–Kier alpha value is -1.29. The number of carboxylic acid groups (broad SMARTS) is 1. The number of amides is 1. The monoisotopic (exact) mass is 405 g/mol. The van der Waals surface area contributed by atoms with Crippen molar-refractivity contribution in [1.29, 1.82) is 0 Å². The van der Waals surface area contributed by atoms with Gasteiger partial charge in [-0.3, -0.25) is 9.80 Å². The Labute approximate surface area is 167 Å². The second-order valence-electron chi connectivity index (χ2n) is 6.50. The maximum atomic E-state index is 12.6. The average Bonchev–Trinajstić information content (AvgIpc) is 2.65. The number of carbonyl (C=O) groups is 2. The van der Waals surface area contributed by atoms with Crippen molar-refractivity contribution < 1.29 is 24.5 Å². The first-order valence-corrected chi connectivity index (χ1v) is 10.0. The van der Waals surface area contributed by atoms with E-state index in [9.17, 15) is 19.8 Å². The first-order valence-electron chi connectivity index (χ1n) is 9.41. The minimum atomic E-state index is -1.19. The van der Waals surface area contributed by atoms with Gasteiger partial charge in [0.05, 0.1) is 12.9 Å². The highest BCUT2D eigenvalue weighted by Gasteiger charge is 2.34. The Morgan fingerprint density at radius 1 is 1.37 bits per heavy atom. The minimum absolute atomic E-state index is 0.111. The van der Waals surface area contributed by atoms with Crippen molar-refractivity contribution in [2.75, 3.05) is 25.5 Å². The van der Waals surface area contributed by atoms with Crippen molar-refractivity contribution in [3.8, 4) is 0 Å². The molecule has 27 heavy (non-hydrogen) atoms. The summed E-state index contributed by atoms with van der Waals surface area (Å²) in [6.07, 6.45) is 7.07. The molecule has 0 aromatic rings. The van der Waals surface area contributed by atoms with E-state index in [0.717, 1.165) is 24.3 Å². The molecular formula is C18H35N3O5S. The van der Waals surface area contributed by atoms with E-state index in [1.54, 1.807) is 19.3 Å². The fourth-order valence-corrected chi connectivity index (χ4v) is 2.43. The number of nitrogens with two attached hydrogens (primary N) is 1. The van der Waals surface area contributed by atoms with Gasteiger partial charge >= 0.3 is 5.97 Å². The minimum Gasteiger partial charge on any atom is -0.502 e. The van der Waals surface area contributed by atoms with Crippen molar-refractivity contribution in [2.24, 2.45) is 11.7 Å². The molecule has 3 atom stereocenters. The summed E-state index contributed by atoms with van der Waals surface area (Å²) in [4.78, 5) is 24.2. The normalized spacial score (nSPS) is 14.7. The zero-order valence-corrected chi connectivity index (χ0v) is 17.2. The molecule has 0 saturated heterocycles. The fraction of sp³-hybridized carbons (Fsp3) is 0.778. The lowest BCUT2D eigenvalue weighted by atomic mass is 10.0. The van der Waals surface area contributed by atoms with Gasteiger partial charge in [-0.15, -0.1) is 0 Å². The van der Waals surface area contributed by atoms with Gasteiger partial charge in [-0.25, -0.2) is 10.2 Å².